The number of nitrogens with two attached hydrogens (primary N) is 1. The highest BCUT2D eigenvalue weighted by molar-refractivity contribution is 5.08. The van der Waals surface area contributed by atoms with Gasteiger partial charge in [0.1, 0.15) is 6.33 Å². The first-order valence-electron chi connectivity index (χ1n) is 4.55. The van der Waals surface area contributed by atoms with Crippen molar-refractivity contribution >= 4 is 5.95 Å². The summed E-state index contributed by atoms with van der Waals surface area (Å²) in [5.41, 5.74) is 5.35. The van der Waals surface area contributed by atoms with Crippen molar-refractivity contribution in [2.75, 3.05) is 18.9 Å². The Hall–Kier alpha value is -1.10. The predicted molar refractivity (Wildman–Crippen MR) is 50.2 cm³/mol. The van der Waals surface area contributed by atoms with Crippen LogP contribution < -0.4 is 5.73 Å². The second-order valence-corrected chi connectivity index (χ2v) is 2.83. The number of aromatic nitrogens is 3. The fourth-order valence-corrected chi connectivity index (χ4v) is 0.923. The van der Waals surface area contributed by atoms with Crippen molar-refractivity contribution < 1.29 is 4.74 Å². The number of anilines is 1. The van der Waals surface area contributed by atoms with Crippen LogP contribution in [0.4, 0.5) is 5.95 Å². The van der Waals surface area contributed by atoms with Gasteiger partial charge in [-0.05, 0) is 6.42 Å². The van der Waals surface area contributed by atoms with E-state index in [0.717, 1.165) is 19.4 Å². The van der Waals surface area contributed by atoms with Crippen LogP contribution in [0.15, 0.2) is 6.33 Å². The van der Waals surface area contributed by atoms with Gasteiger partial charge in [-0.3, -0.25) is 0 Å². The molecule has 1 rings (SSSR count). The largest absolute Gasteiger partial charge is 0.380 e. The zero-order valence-electron chi connectivity index (χ0n) is 7.94. The molecule has 1 aromatic heterocycles. The van der Waals surface area contributed by atoms with Crippen LogP contribution in [0.5, 0.6) is 0 Å². The molecule has 0 saturated heterocycles. The predicted octanol–water partition coefficient (Wildman–Crippen LogP) is 0.677. The highest BCUT2D eigenvalue weighted by atomic mass is 16.5. The van der Waals surface area contributed by atoms with Gasteiger partial charge in [-0.1, -0.05) is 13.3 Å². The molecule has 0 aliphatic heterocycles. The van der Waals surface area contributed by atoms with Crippen molar-refractivity contribution in [1.82, 2.24) is 14.8 Å². The first-order chi connectivity index (χ1) is 6.33. The Kier molecular flexibility index (Phi) is 4.25. The van der Waals surface area contributed by atoms with Crippen molar-refractivity contribution in [2.24, 2.45) is 0 Å². The van der Waals surface area contributed by atoms with E-state index >= 15 is 0 Å². The van der Waals surface area contributed by atoms with Crippen molar-refractivity contribution in [3.8, 4) is 0 Å². The molecule has 1 heterocycles. The second kappa shape index (κ2) is 5.53. The fourth-order valence-electron chi connectivity index (χ4n) is 0.923. The fraction of sp³-hybridized carbons (Fsp3) is 0.750. The van der Waals surface area contributed by atoms with E-state index in [1.54, 1.807) is 11.0 Å². The topological polar surface area (TPSA) is 66.0 Å². The molecule has 2 N–H and O–H groups in total. The number of rotatable bonds is 6. The number of hydrogen-bond acceptors (Lipinski definition) is 4. The Morgan fingerprint density at radius 1 is 1.54 bits per heavy atom. The molecule has 13 heavy (non-hydrogen) atoms. The van der Waals surface area contributed by atoms with Crippen molar-refractivity contribution in [1.29, 1.82) is 0 Å². The Morgan fingerprint density at radius 2 is 2.38 bits per heavy atom. The minimum atomic E-state index is 0.313. The zero-order valence-corrected chi connectivity index (χ0v) is 7.94. The molecule has 0 fully saturated rings. The molecule has 0 spiro atoms. The van der Waals surface area contributed by atoms with Crippen LogP contribution in [0.3, 0.4) is 0 Å². The van der Waals surface area contributed by atoms with Crippen LogP contribution in [-0.2, 0) is 11.3 Å². The summed E-state index contributed by atoms with van der Waals surface area (Å²) < 4.78 is 7.04. The lowest BCUT2D eigenvalue weighted by Crippen LogP contribution is -2.07. The number of nitrogen functional groups attached to an aromatic ring is 1. The summed E-state index contributed by atoms with van der Waals surface area (Å²) in [5.74, 6) is 0.313. The zero-order chi connectivity index (χ0) is 9.52. The SMILES string of the molecule is CCCCOCCn1cnc(N)n1. The minimum absolute atomic E-state index is 0.313. The number of ether oxygens (including phenoxy) is 1. The summed E-state index contributed by atoms with van der Waals surface area (Å²) in [6.07, 6.45) is 3.88. The highest BCUT2D eigenvalue weighted by Gasteiger charge is 1.94. The van der Waals surface area contributed by atoms with E-state index in [9.17, 15) is 0 Å². The van der Waals surface area contributed by atoms with Gasteiger partial charge >= 0.3 is 0 Å². The van der Waals surface area contributed by atoms with E-state index in [-0.39, 0.29) is 0 Å². The molecule has 0 bridgehead atoms. The highest BCUT2D eigenvalue weighted by Crippen LogP contribution is 1.91. The smallest absolute Gasteiger partial charge is 0.239 e. The Labute approximate surface area is 77.9 Å². The van der Waals surface area contributed by atoms with Gasteiger partial charge in [-0.25, -0.2) is 9.67 Å². The average Bonchev–Trinajstić information content (AvgIpc) is 2.51. The quantitative estimate of drug-likeness (QED) is 0.660. The van der Waals surface area contributed by atoms with Crippen LogP contribution in [-0.4, -0.2) is 28.0 Å². The molecule has 1 aromatic rings. The van der Waals surface area contributed by atoms with E-state index < -0.39 is 0 Å². The van der Waals surface area contributed by atoms with Crippen molar-refractivity contribution in [3.63, 3.8) is 0 Å². The van der Waals surface area contributed by atoms with E-state index in [4.69, 9.17) is 10.5 Å². The van der Waals surface area contributed by atoms with Gasteiger partial charge in [-0.2, -0.15) is 0 Å². The van der Waals surface area contributed by atoms with Crippen molar-refractivity contribution in [2.45, 2.75) is 26.3 Å². The molecule has 0 aromatic carbocycles. The summed E-state index contributed by atoms with van der Waals surface area (Å²) in [5, 5.41) is 3.93. The number of unbranched alkanes of at least 4 members (excludes halogenated alkanes) is 1. The monoisotopic (exact) mass is 184 g/mol. The Balaban J connectivity index is 2.06. The molecule has 0 saturated carbocycles. The van der Waals surface area contributed by atoms with Gasteiger partial charge in [0.15, 0.2) is 0 Å². The van der Waals surface area contributed by atoms with Gasteiger partial charge < -0.3 is 10.5 Å². The lowest BCUT2D eigenvalue weighted by molar-refractivity contribution is 0.121. The van der Waals surface area contributed by atoms with Crippen molar-refractivity contribution in [3.05, 3.63) is 6.33 Å². The minimum Gasteiger partial charge on any atom is -0.380 e. The molecule has 0 radical (unpaired) electrons. The third-order valence-electron chi connectivity index (χ3n) is 1.66. The number of nitrogens with zero attached hydrogens (tertiary/aromatic N) is 3. The van der Waals surface area contributed by atoms with Gasteiger partial charge in [0.25, 0.3) is 0 Å². The first-order valence-corrected chi connectivity index (χ1v) is 4.55. The maximum atomic E-state index is 5.36. The van der Waals surface area contributed by atoms with E-state index in [1.165, 1.54) is 0 Å². The standard InChI is InChI=1S/C8H16N4O/c1-2-3-5-13-6-4-12-7-10-8(9)11-12/h7H,2-6H2,1H3,(H2,9,11). The van der Waals surface area contributed by atoms with E-state index in [1.807, 2.05) is 0 Å². The van der Waals surface area contributed by atoms with Gasteiger partial charge in [0.2, 0.25) is 5.95 Å². The van der Waals surface area contributed by atoms with Gasteiger partial charge in [-0.15, -0.1) is 5.10 Å². The molecule has 0 aliphatic carbocycles. The lowest BCUT2D eigenvalue weighted by atomic mass is 10.4. The molecule has 0 unspecified atom stereocenters. The Morgan fingerprint density at radius 3 is 3.00 bits per heavy atom. The van der Waals surface area contributed by atoms with Crippen LogP contribution in [0.1, 0.15) is 19.8 Å². The molecule has 0 atom stereocenters. The average molecular weight is 184 g/mol. The molecule has 5 nitrogen and oxygen atoms in total. The summed E-state index contributed by atoms with van der Waals surface area (Å²) in [6, 6.07) is 0. The summed E-state index contributed by atoms with van der Waals surface area (Å²) in [7, 11) is 0. The third kappa shape index (κ3) is 3.89. The van der Waals surface area contributed by atoms with Crippen LogP contribution in [0.2, 0.25) is 0 Å². The summed E-state index contributed by atoms with van der Waals surface area (Å²) in [4.78, 5) is 3.81. The molecule has 0 amide bonds. The summed E-state index contributed by atoms with van der Waals surface area (Å²) in [6.45, 7) is 4.35. The normalized spacial score (nSPS) is 10.5. The molecular formula is C8H16N4O. The van der Waals surface area contributed by atoms with E-state index in [2.05, 4.69) is 17.0 Å². The maximum absolute atomic E-state index is 5.36. The lowest BCUT2D eigenvalue weighted by Gasteiger charge is -2.02. The van der Waals surface area contributed by atoms with Crippen LogP contribution in [0.25, 0.3) is 0 Å². The first kappa shape index (κ1) is 9.98. The molecule has 5 heteroatoms. The van der Waals surface area contributed by atoms with E-state index in [0.29, 0.717) is 19.1 Å². The maximum Gasteiger partial charge on any atom is 0.239 e. The molecule has 0 aliphatic rings. The molecular weight excluding hydrogens is 168 g/mol. The third-order valence-corrected chi connectivity index (χ3v) is 1.66. The molecule has 74 valence electrons. The van der Waals surface area contributed by atoms with Crippen LogP contribution in [0, 0.1) is 0 Å². The van der Waals surface area contributed by atoms with Gasteiger partial charge in [0.05, 0.1) is 13.2 Å². The Bertz CT molecular complexity index is 236. The number of hydrogen-bond donors (Lipinski definition) is 1. The van der Waals surface area contributed by atoms with Crippen LogP contribution >= 0.6 is 0 Å². The summed E-state index contributed by atoms with van der Waals surface area (Å²) >= 11 is 0. The second-order valence-electron chi connectivity index (χ2n) is 2.83. The van der Waals surface area contributed by atoms with Gasteiger partial charge in [0, 0.05) is 6.61 Å².